The number of hydrazone groups is 1. The maximum atomic E-state index is 11.5. The monoisotopic (exact) mass is 219 g/mol. The molecule has 0 fully saturated rings. The highest BCUT2D eigenvalue weighted by Gasteiger charge is 2.24. The van der Waals surface area contributed by atoms with Crippen LogP contribution in [0.2, 0.25) is 0 Å². The number of benzene rings is 1. The summed E-state index contributed by atoms with van der Waals surface area (Å²) in [7, 11) is 0. The van der Waals surface area contributed by atoms with Crippen molar-refractivity contribution in [2.45, 2.75) is 6.42 Å². The van der Waals surface area contributed by atoms with E-state index in [2.05, 4.69) is 22.7 Å². The van der Waals surface area contributed by atoms with Crippen LogP contribution in [0.1, 0.15) is 22.3 Å². The van der Waals surface area contributed by atoms with E-state index in [0.29, 0.717) is 17.7 Å². The Balaban J connectivity index is 2.36. The van der Waals surface area contributed by atoms with E-state index >= 15 is 0 Å². The third kappa shape index (κ3) is 1.87. The predicted octanol–water partition coefficient (Wildman–Crippen LogP) is 0.810. The van der Waals surface area contributed by atoms with Gasteiger partial charge in [-0.2, -0.15) is 5.10 Å². The number of hydrogen-bond acceptors (Lipinski definition) is 3. The zero-order valence-electron chi connectivity index (χ0n) is 7.86. The summed E-state index contributed by atoms with van der Waals surface area (Å²) >= 11 is 4.63. The number of hydrogen-bond donors (Lipinski definition) is 2. The summed E-state index contributed by atoms with van der Waals surface area (Å²) in [6, 6.07) is 7.36. The second kappa shape index (κ2) is 3.78. The number of ketones is 1. The van der Waals surface area contributed by atoms with Crippen molar-refractivity contribution in [3.8, 4) is 0 Å². The SMILES string of the molecule is NC(=S)N/N=C1\CC(=O)c2ccccc21. The van der Waals surface area contributed by atoms with Crippen LogP contribution in [0.15, 0.2) is 29.4 Å². The van der Waals surface area contributed by atoms with Crippen LogP contribution in [0.5, 0.6) is 0 Å². The molecule has 5 heteroatoms. The van der Waals surface area contributed by atoms with Crippen molar-refractivity contribution in [3.05, 3.63) is 35.4 Å². The van der Waals surface area contributed by atoms with Gasteiger partial charge in [-0.05, 0) is 12.2 Å². The van der Waals surface area contributed by atoms with Crippen LogP contribution < -0.4 is 11.2 Å². The molecule has 15 heavy (non-hydrogen) atoms. The van der Waals surface area contributed by atoms with Crippen LogP contribution in [0.25, 0.3) is 0 Å². The van der Waals surface area contributed by atoms with Crippen LogP contribution >= 0.6 is 12.2 Å². The zero-order chi connectivity index (χ0) is 10.8. The average Bonchev–Trinajstić information content (AvgIpc) is 2.54. The number of nitrogens with zero attached hydrogens (tertiary/aromatic N) is 1. The van der Waals surface area contributed by atoms with E-state index in [4.69, 9.17) is 5.73 Å². The summed E-state index contributed by atoms with van der Waals surface area (Å²) in [5.74, 6) is 0.0779. The van der Waals surface area contributed by atoms with E-state index in [-0.39, 0.29) is 10.9 Å². The van der Waals surface area contributed by atoms with Crippen molar-refractivity contribution >= 4 is 28.8 Å². The van der Waals surface area contributed by atoms with Crippen molar-refractivity contribution < 1.29 is 4.79 Å². The molecule has 0 heterocycles. The van der Waals surface area contributed by atoms with Gasteiger partial charge >= 0.3 is 0 Å². The average molecular weight is 219 g/mol. The normalized spacial score (nSPS) is 16.5. The number of nitrogens with one attached hydrogen (secondary N) is 1. The molecule has 76 valence electrons. The molecule has 1 aromatic carbocycles. The highest BCUT2D eigenvalue weighted by atomic mass is 32.1. The van der Waals surface area contributed by atoms with Crippen LogP contribution in [-0.2, 0) is 0 Å². The largest absolute Gasteiger partial charge is 0.375 e. The van der Waals surface area contributed by atoms with E-state index in [1.165, 1.54) is 0 Å². The van der Waals surface area contributed by atoms with Crippen LogP contribution in [0.4, 0.5) is 0 Å². The van der Waals surface area contributed by atoms with Gasteiger partial charge in [0.25, 0.3) is 0 Å². The van der Waals surface area contributed by atoms with Gasteiger partial charge in [0.15, 0.2) is 10.9 Å². The maximum absolute atomic E-state index is 11.5. The van der Waals surface area contributed by atoms with Crippen LogP contribution in [0.3, 0.4) is 0 Å². The lowest BCUT2D eigenvalue weighted by atomic mass is 10.1. The van der Waals surface area contributed by atoms with Crippen molar-refractivity contribution in [3.63, 3.8) is 0 Å². The summed E-state index contributed by atoms with van der Waals surface area (Å²) < 4.78 is 0. The van der Waals surface area contributed by atoms with Gasteiger partial charge in [0.05, 0.1) is 12.1 Å². The third-order valence-corrected chi connectivity index (χ3v) is 2.26. The molecular weight excluding hydrogens is 210 g/mol. The Kier molecular flexibility index (Phi) is 2.47. The lowest BCUT2D eigenvalue weighted by Gasteiger charge is -1.99. The molecule has 0 unspecified atom stereocenters. The molecule has 0 radical (unpaired) electrons. The van der Waals surface area contributed by atoms with E-state index in [1.54, 1.807) is 6.07 Å². The van der Waals surface area contributed by atoms with E-state index in [1.807, 2.05) is 18.2 Å². The first kappa shape index (κ1) is 9.79. The standard InChI is InChI=1S/C10H9N3OS/c11-10(15)13-12-8-5-9(14)7-4-2-1-3-6(7)8/h1-4H,5H2,(H3,11,13,15)/b12-8+. The van der Waals surface area contributed by atoms with Gasteiger partial charge in [0.2, 0.25) is 0 Å². The minimum absolute atomic E-state index is 0.0779. The zero-order valence-corrected chi connectivity index (χ0v) is 8.67. The molecule has 0 bridgehead atoms. The summed E-state index contributed by atoms with van der Waals surface area (Å²) in [5, 5.41) is 4.09. The Bertz CT molecular complexity index is 467. The van der Waals surface area contributed by atoms with Crippen molar-refractivity contribution in [2.75, 3.05) is 0 Å². The number of rotatable bonds is 1. The molecule has 0 aromatic heterocycles. The van der Waals surface area contributed by atoms with Crippen molar-refractivity contribution in [1.82, 2.24) is 5.43 Å². The Hall–Kier alpha value is -1.75. The molecule has 3 N–H and O–H groups in total. The lowest BCUT2D eigenvalue weighted by molar-refractivity contribution is 0.101. The summed E-state index contributed by atoms with van der Waals surface area (Å²) in [6.45, 7) is 0. The first-order valence-corrected chi connectivity index (χ1v) is 4.84. The minimum Gasteiger partial charge on any atom is -0.375 e. The van der Waals surface area contributed by atoms with Gasteiger partial charge in [-0.15, -0.1) is 0 Å². The highest BCUT2D eigenvalue weighted by molar-refractivity contribution is 7.80. The van der Waals surface area contributed by atoms with Gasteiger partial charge in [0.1, 0.15) is 0 Å². The molecule has 0 amide bonds. The molecule has 0 saturated heterocycles. The van der Waals surface area contributed by atoms with Gasteiger partial charge < -0.3 is 5.73 Å². The second-order valence-electron chi connectivity index (χ2n) is 3.18. The quantitative estimate of drug-likeness (QED) is 0.542. The van der Waals surface area contributed by atoms with E-state index in [0.717, 1.165) is 5.56 Å². The van der Waals surface area contributed by atoms with Gasteiger partial charge in [-0.1, -0.05) is 24.3 Å². The number of thiocarbonyl (C=S) groups is 1. The number of Topliss-reactive ketones (excluding diaryl/α,β-unsaturated/α-hetero) is 1. The molecule has 0 spiro atoms. The van der Waals surface area contributed by atoms with E-state index in [9.17, 15) is 4.79 Å². The molecule has 4 nitrogen and oxygen atoms in total. The highest BCUT2D eigenvalue weighted by Crippen LogP contribution is 2.21. The topological polar surface area (TPSA) is 67.5 Å². The number of carbonyl (C=O) groups excluding carboxylic acids is 1. The van der Waals surface area contributed by atoms with Crippen molar-refractivity contribution in [1.29, 1.82) is 0 Å². The molecule has 1 aromatic rings. The fourth-order valence-corrected chi connectivity index (χ4v) is 1.59. The predicted molar refractivity (Wildman–Crippen MR) is 61.8 cm³/mol. The van der Waals surface area contributed by atoms with Gasteiger partial charge in [0, 0.05) is 11.1 Å². The third-order valence-electron chi connectivity index (χ3n) is 2.17. The van der Waals surface area contributed by atoms with Crippen LogP contribution in [0, 0.1) is 0 Å². The number of carbonyl (C=O) groups is 1. The summed E-state index contributed by atoms with van der Waals surface area (Å²) in [4.78, 5) is 11.5. The molecule has 0 atom stereocenters. The number of fused-ring (bicyclic) bond motifs is 1. The van der Waals surface area contributed by atoms with Crippen molar-refractivity contribution in [2.24, 2.45) is 10.8 Å². The first-order valence-electron chi connectivity index (χ1n) is 4.43. The minimum atomic E-state index is 0.0779. The van der Waals surface area contributed by atoms with Gasteiger partial charge in [-0.3, -0.25) is 10.2 Å². The van der Waals surface area contributed by atoms with E-state index < -0.39 is 0 Å². The Morgan fingerprint density at radius 3 is 2.73 bits per heavy atom. The fraction of sp³-hybridized carbons (Fsp3) is 0.100. The molecule has 1 aliphatic carbocycles. The Morgan fingerprint density at radius 2 is 2.07 bits per heavy atom. The Morgan fingerprint density at radius 1 is 1.40 bits per heavy atom. The molecule has 2 rings (SSSR count). The smallest absolute Gasteiger partial charge is 0.184 e. The summed E-state index contributed by atoms with van der Waals surface area (Å²) in [5.41, 5.74) is 9.99. The molecular formula is C10H9N3OS. The maximum Gasteiger partial charge on any atom is 0.184 e. The lowest BCUT2D eigenvalue weighted by Crippen LogP contribution is -2.25. The fourth-order valence-electron chi connectivity index (χ4n) is 1.54. The first-order chi connectivity index (χ1) is 7.18. The molecule has 0 aliphatic heterocycles. The molecule has 0 saturated carbocycles. The number of nitrogens with two attached hydrogens (primary N) is 1. The van der Waals surface area contributed by atoms with Gasteiger partial charge in [-0.25, -0.2) is 0 Å². The second-order valence-corrected chi connectivity index (χ2v) is 3.62. The molecule has 1 aliphatic rings. The summed E-state index contributed by atoms with van der Waals surface area (Å²) in [6.07, 6.45) is 0.301. The van der Waals surface area contributed by atoms with Crippen LogP contribution in [-0.4, -0.2) is 16.6 Å². The Labute approximate surface area is 92.2 Å².